The van der Waals surface area contributed by atoms with Crippen molar-refractivity contribution in [2.24, 2.45) is 0 Å². The lowest BCUT2D eigenvalue weighted by Crippen LogP contribution is -2.16. The number of hydrogen-bond donors (Lipinski definition) is 0. The predicted octanol–water partition coefficient (Wildman–Crippen LogP) is 3.48. The maximum atomic E-state index is 12.5. The highest BCUT2D eigenvalue weighted by atomic mass is 79.9. The largest absolute Gasteiger partial charge is 0.466 e. The van der Waals surface area contributed by atoms with Gasteiger partial charge in [0.05, 0.1) is 23.3 Å². The molecule has 6 heteroatoms. The van der Waals surface area contributed by atoms with E-state index in [0.29, 0.717) is 5.56 Å². The van der Waals surface area contributed by atoms with E-state index in [9.17, 15) is 13.2 Å². The van der Waals surface area contributed by atoms with Crippen LogP contribution < -0.4 is 0 Å². The molecule has 23 heavy (non-hydrogen) atoms. The molecule has 120 valence electrons. The van der Waals surface area contributed by atoms with Gasteiger partial charge >= 0.3 is 5.97 Å². The molecule has 0 fully saturated rings. The molecule has 2 rings (SSSR count). The van der Waals surface area contributed by atoms with Crippen LogP contribution in [0.1, 0.15) is 5.56 Å². The Balaban J connectivity index is 2.39. The fourth-order valence-corrected chi connectivity index (χ4v) is 3.77. The fraction of sp³-hybridized carbons (Fsp3) is 0.118. The maximum Gasteiger partial charge on any atom is 0.334 e. The Morgan fingerprint density at radius 2 is 1.83 bits per heavy atom. The average Bonchev–Trinajstić information content (AvgIpc) is 2.54. The summed E-state index contributed by atoms with van der Waals surface area (Å²) in [5.74, 6) is -1.08. The fourth-order valence-electron chi connectivity index (χ4n) is 2.00. The summed E-state index contributed by atoms with van der Waals surface area (Å²) >= 11 is 3.34. The van der Waals surface area contributed by atoms with Gasteiger partial charge in [-0.05, 0) is 35.9 Å². The van der Waals surface area contributed by atoms with E-state index in [1.54, 1.807) is 36.4 Å². The summed E-state index contributed by atoms with van der Waals surface area (Å²) in [7, 11) is -2.40. The normalized spacial score (nSPS) is 12.0. The third kappa shape index (κ3) is 4.77. The van der Waals surface area contributed by atoms with E-state index in [1.165, 1.54) is 25.3 Å². The van der Waals surface area contributed by atoms with Gasteiger partial charge in [-0.2, -0.15) is 0 Å². The summed E-state index contributed by atoms with van der Waals surface area (Å²) in [5.41, 5.74) is 0.789. The molecule has 4 nitrogen and oxygen atoms in total. The Morgan fingerprint density at radius 3 is 2.43 bits per heavy atom. The van der Waals surface area contributed by atoms with Gasteiger partial charge in [0.1, 0.15) is 0 Å². The van der Waals surface area contributed by atoms with Crippen LogP contribution in [0, 0.1) is 0 Å². The first-order valence-electron chi connectivity index (χ1n) is 6.74. The molecule has 0 atom stereocenters. The van der Waals surface area contributed by atoms with Crippen LogP contribution in [0.3, 0.4) is 0 Å². The van der Waals surface area contributed by atoms with Crippen molar-refractivity contribution in [3.63, 3.8) is 0 Å². The van der Waals surface area contributed by atoms with Crippen LogP contribution in [0.5, 0.6) is 0 Å². The van der Waals surface area contributed by atoms with Crippen molar-refractivity contribution in [2.45, 2.75) is 4.90 Å². The number of carbonyl (C=O) groups is 1. The second-order valence-electron chi connectivity index (χ2n) is 4.79. The molecule has 0 radical (unpaired) electrons. The van der Waals surface area contributed by atoms with E-state index in [0.717, 1.165) is 4.47 Å². The van der Waals surface area contributed by atoms with Crippen molar-refractivity contribution in [1.29, 1.82) is 0 Å². The number of esters is 1. The highest BCUT2D eigenvalue weighted by Crippen LogP contribution is 2.19. The zero-order valence-corrected chi connectivity index (χ0v) is 14.8. The molecule has 0 heterocycles. The zero-order valence-electron chi connectivity index (χ0n) is 12.4. The maximum absolute atomic E-state index is 12.5. The Hall–Kier alpha value is -1.92. The van der Waals surface area contributed by atoms with Crippen molar-refractivity contribution in [3.8, 4) is 0 Å². The van der Waals surface area contributed by atoms with Crippen molar-refractivity contribution in [2.75, 3.05) is 12.9 Å². The summed E-state index contributed by atoms with van der Waals surface area (Å²) in [6.45, 7) is 0. The van der Waals surface area contributed by atoms with Crippen molar-refractivity contribution < 1.29 is 17.9 Å². The minimum atomic E-state index is -3.63. The van der Waals surface area contributed by atoms with Gasteiger partial charge in [0.2, 0.25) is 0 Å². The molecule has 2 aromatic carbocycles. The lowest BCUT2D eigenvalue weighted by molar-refractivity contribution is -0.135. The quantitative estimate of drug-likeness (QED) is 0.575. The van der Waals surface area contributed by atoms with E-state index in [-0.39, 0.29) is 10.5 Å². The number of sulfone groups is 1. The summed E-state index contributed by atoms with van der Waals surface area (Å²) in [6.07, 6.45) is 1.52. The first-order chi connectivity index (χ1) is 10.9. The molecule has 0 aliphatic rings. The van der Waals surface area contributed by atoms with Crippen molar-refractivity contribution in [1.82, 2.24) is 0 Å². The molecule has 0 aromatic heterocycles. The molecular weight excluding hydrogens is 380 g/mol. The second kappa shape index (κ2) is 7.57. The third-order valence-corrected chi connectivity index (χ3v) is 5.26. The average molecular weight is 395 g/mol. The lowest BCUT2D eigenvalue weighted by Gasteiger charge is -2.08. The summed E-state index contributed by atoms with van der Waals surface area (Å²) in [6, 6.07) is 15.2. The minimum Gasteiger partial charge on any atom is -0.466 e. The second-order valence-corrected chi connectivity index (χ2v) is 7.69. The highest BCUT2D eigenvalue weighted by Gasteiger charge is 2.21. The number of rotatable bonds is 5. The molecule has 0 unspecified atom stereocenters. The number of benzene rings is 2. The first kappa shape index (κ1) is 17.4. The molecular formula is C17H15BrO4S. The van der Waals surface area contributed by atoms with Crippen molar-refractivity contribution in [3.05, 3.63) is 70.2 Å². The van der Waals surface area contributed by atoms with Gasteiger partial charge in [0.15, 0.2) is 9.84 Å². The van der Waals surface area contributed by atoms with Gasteiger partial charge in [-0.3, -0.25) is 0 Å². The Bertz CT molecular complexity index is 827. The summed E-state index contributed by atoms with van der Waals surface area (Å²) in [5, 5.41) is 0. The molecule has 0 aliphatic heterocycles. The number of carbonyl (C=O) groups excluding carboxylic acids is 1. The van der Waals surface area contributed by atoms with Gasteiger partial charge in [0.25, 0.3) is 0 Å². The lowest BCUT2D eigenvalue weighted by atomic mass is 10.1. The Morgan fingerprint density at radius 1 is 1.13 bits per heavy atom. The third-order valence-electron chi connectivity index (χ3n) is 3.08. The van der Waals surface area contributed by atoms with Gasteiger partial charge < -0.3 is 4.74 Å². The Labute approximate surface area is 143 Å². The number of hydrogen-bond acceptors (Lipinski definition) is 4. The van der Waals surface area contributed by atoms with Crippen molar-refractivity contribution >= 4 is 37.8 Å². The van der Waals surface area contributed by atoms with Gasteiger partial charge in [-0.1, -0.05) is 46.3 Å². The van der Waals surface area contributed by atoms with E-state index in [1.807, 2.05) is 6.07 Å². The summed E-state index contributed by atoms with van der Waals surface area (Å²) < 4.78 is 30.5. The van der Waals surface area contributed by atoms with E-state index in [4.69, 9.17) is 4.74 Å². The van der Waals surface area contributed by atoms with Crippen LogP contribution in [0.4, 0.5) is 0 Å². The zero-order chi connectivity index (χ0) is 16.9. The topological polar surface area (TPSA) is 60.4 Å². The minimum absolute atomic E-state index is 0.0782. The van der Waals surface area contributed by atoms with Crippen LogP contribution in [-0.2, 0) is 19.4 Å². The Kier molecular flexibility index (Phi) is 5.74. The molecule has 0 N–H and O–H groups in total. The van der Waals surface area contributed by atoms with E-state index < -0.39 is 21.6 Å². The number of methoxy groups -OCH3 is 1. The van der Waals surface area contributed by atoms with Crippen LogP contribution in [0.15, 0.2) is 69.5 Å². The van der Waals surface area contributed by atoms with Crippen LogP contribution in [-0.4, -0.2) is 27.2 Å². The van der Waals surface area contributed by atoms with E-state index in [2.05, 4.69) is 15.9 Å². The van der Waals surface area contributed by atoms with E-state index >= 15 is 0 Å². The standard InChI is InChI=1S/C17H15BrO4S/c1-22-17(19)14(10-13-6-5-7-15(18)11-13)12-23(20,21)16-8-3-2-4-9-16/h2-11H,12H2,1H3/b14-10-. The SMILES string of the molecule is COC(=O)/C(=C\c1cccc(Br)c1)CS(=O)(=O)c1ccccc1. The molecule has 0 spiro atoms. The van der Waals surface area contributed by atoms with Crippen LogP contribution in [0.2, 0.25) is 0 Å². The smallest absolute Gasteiger partial charge is 0.334 e. The predicted molar refractivity (Wildman–Crippen MR) is 92.6 cm³/mol. The van der Waals surface area contributed by atoms with Gasteiger partial charge in [-0.25, -0.2) is 13.2 Å². The van der Waals surface area contributed by atoms with Gasteiger partial charge in [0, 0.05) is 4.47 Å². The summed E-state index contributed by atoms with van der Waals surface area (Å²) in [4.78, 5) is 12.1. The van der Waals surface area contributed by atoms with Gasteiger partial charge in [-0.15, -0.1) is 0 Å². The molecule has 0 amide bonds. The molecule has 0 saturated carbocycles. The van der Waals surface area contributed by atoms with Crippen LogP contribution in [0.25, 0.3) is 6.08 Å². The monoisotopic (exact) mass is 394 g/mol. The highest BCUT2D eigenvalue weighted by molar-refractivity contribution is 9.10. The molecule has 0 aliphatic carbocycles. The first-order valence-corrected chi connectivity index (χ1v) is 9.19. The molecule has 0 saturated heterocycles. The van der Waals surface area contributed by atoms with Crippen LogP contribution >= 0.6 is 15.9 Å². The number of halogens is 1. The molecule has 0 bridgehead atoms. The molecule has 2 aromatic rings. The number of ether oxygens (including phenoxy) is 1.